The fourth-order valence-electron chi connectivity index (χ4n) is 4.10. The third-order valence-corrected chi connectivity index (χ3v) is 7.75. The number of nitrogens with one attached hydrogen (secondary N) is 1. The molecule has 2 aromatic rings. The zero-order valence-corrected chi connectivity index (χ0v) is 22.0. The van der Waals surface area contributed by atoms with Crippen molar-refractivity contribution in [1.82, 2.24) is 19.9 Å². The fraction of sp³-hybridized carbons (Fsp3) is 0.542. The number of hydrogen-bond acceptors (Lipinski definition) is 6. The molecule has 3 heterocycles. The van der Waals surface area contributed by atoms with Crippen LogP contribution in [0.2, 0.25) is 0 Å². The Hall–Kier alpha value is -2.31. The molecule has 0 bridgehead atoms. The molecule has 4 rings (SSSR count). The molecule has 0 spiro atoms. The predicted octanol–water partition coefficient (Wildman–Crippen LogP) is 4.42. The number of rotatable bonds is 8. The van der Waals surface area contributed by atoms with Gasteiger partial charge in [-0.2, -0.15) is 13.2 Å². The van der Waals surface area contributed by atoms with Crippen molar-refractivity contribution in [2.24, 2.45) is 7.05 Å². The van der Waals surface area contributed by atoms with Crippen molar-refractivity contribution in [3.63, 3.8) is 0 Å². The molecule has 1 saturated carbocycles. The van der Waals surface area contributed by atoms with Crippen molar-refractivity contribution in [3.05, 3.63) is 29.3 Å². The van der Waals surface area contributed by atoms with Gasteiger partial charge in [0.1, 0.15) is 11.4 Å². The minimum atomic E-state index is -4.72. The number of carbonyl (C=O) groups excluding carboxylic acids is 1. The zero-order chi connectivity index (χ0) is 26.5. The zero-order valence-electron chi connectivity index (χ0n) is 21.2. The van der Waals surface area contributed by atoms with Crippen molar-refractivity contribution in [2.45, 2.75) is 75.7 Å². The first kappa shape index (κ1) is 26.7. The molecule has 2 aromatic heterocycles. The van der Waals surface area contributed by atoms with Crippen LogP contribution in [0, 0.1) is 0 Å². The Morgan fingerprint density at radius 1 is 1.28 bits per heavy atom. The number of aromatic nitrogens is 3. The number of nitrogens with zero attached hydrogens (tertiary/aromatic N) is 3. The van der Waals surface area contributed by atoms with Gasteiger partial charge in [-0.25, -0.2) is 4.98 Å². The number of hydrogen-bond donors (Lipinski definition) is 1. The van der Waals surface area contributed by atoms with Crippen LogP contribution in [-0.2, 0) is 21.2 Å². The van der Waals surface area contributed by atoms with E-state index in [-0.39, 0.29) is 18.0 Å². The quantitative estimate of drug-likeness (QED) is 0.314. The van der Waals surface area contributed by atoms with E-state index >= 15 is 0 Å². The summed E-state index contributed by atoms with van der Waals surface area (Å²) in [5, 5.41) is 1.77. The molecule has 0 radical (unpaired) electrons. The van der Waals surface area contributed by atoms with E-state index in [4.69, 9.17) is 9.31 Å². The van der Waals surface area contributed by atoms with Crippen LogP contribution in [-0.4, -0.2) is 51.2 Å². The van der Waals surface area contributed by atoms with Crippen molar-refractivity contribution >= 4 is 36.8 Å². The van der Waals surface area contributed by atoms with Gasteiger partial charge in [-0.1, -0.05) is 6.92 Å². The van der Waals surface area contributed by atoms with Crippen LogP contribution in [0.15, 0.2) is 22.9 Å². The van der Waals surface area contributed by atoms with Gasteiger partial charge in [0, 0.05) is 35.2 Å². The third kappa shape index (κ3) is 5.08. The van der Waals surface area contributed by atoms with E-state index < -0.39 is 30.2 Å². The van der Waals surface area contributed by atoms with Gasteiger partial charge in [-0.3, -0.25) is 9.78 Å². The molecular weight excluding hydrogens is 492 g/mol. The van der Waals surface area contributed by atoms with Gasteiger partial charge in [-0.15, -0.1) is 11.8 Å². The van der Waals surface area contributed by atoms with Gasteiger partial charge in [0.2, 0.25) is 6.41 Å². The summed E-state index contributed by atoms with van der Waals surface area (Å²) in [6, 6.07) is 1.95. The Morgan fingerprint density at radius 3 is 2.44 bits per heavy atom. The SMILES string of the molecule is CCSc1cc(B2OC(C)(C)C(C)(C)O2)cnc1-c1nc(/C=C(\NC=O)C(F)(F)F)c(C2CC2)n1C. The van der Waals surface area contributed by atoms with E-state index in [1.807, 2.05) is 45.3 Å². The summed E-state index contributed by atoms with van der Waals surface area (Å²) >= 11 is 1.56. The Labute approximate surface area is 213 Å². The molecule has 1 N–H and O–H groups in total. The molecule has 194 valence electrons. The number of imidazole rings is 1. The van der Waals surface area contributed by atoms with Gasteiger partial charge in [-0.05, 0) is 58.4 Å². The van der Waals surface area contributed by atoms with Crippen molar-refractivity contribution in [3.8, 4) is 11.5 Å². The predicted molar refractivity (Wildman–Crippen MR) is 134 cm³/mol. The van der Waals surface area contributed by atoms with Crippen molar-refractivity contribution < 1.29 is 27.3 Å². The normalized spacial score (nSPS) is 19.6. The highest BCUT2D eigenvalue weighted by Gasteiger charge is 2.52. The summed E-state index contributed by atoms with van der Waals surface area (Å²) in [5.74, 6) is 1.34. The Kier molecular flexibility index (Phi) is 7.08. The Balaban J connectivity index is 1.79. The molecule has 7 nitrogen and oxygen atoms in total. The summed E-state index contributed by atoms with van der Waals surface area (Å²) in [4.78, 5) is 20.9. The molecule has 2 aliphatic rings. The third-order valence-electron chi connectivity index (χ3n) is 6.84. The summed E-state index contributed by atoms with van der Waals surface area (Å²) < 4.78 is 54.6. The van der Waals surface area contributed by atoms with Gasteiger partial charge < -0.3 is 19.2 Å². The van der Waals surface area contributed by atoms with E-state index in [9.17, 15) is 18.0 Å². The van der Waals surface area contributed by atoms with E-state index in [1.165, 1.54) is 0 Å². The van der Waals surface area contributed by atoms with Crippen LogP contribution in [0.3, 0.4) is 0 Å². The summed E-state index contributed by atoms with van der Waals surface area (Å²) in [7, 11) is 1.20. The molecule has 0 atom stereocenters. The maximum absolute atomic E-state index is 13.5. The lowest BCUT2D eigenvalue weighted by Gasteiger charge is -2.32. The molecule has 1 amide bonds. The summed E-state index contributed by atoms with van der Waals surface area (Å²) in [6.45, 7) is 9.93. The van der Waals surface area contributed by atoms with Crippen LogP contribution < -0.4 is 10.8 Å². The van der Waals surface area contributed by atoms with Crippen LogP contribution in [0.4, 0.5) is 13.2 Å². The first-order valence-corrected chi connectivity index (χ1v) is 12.8. The number of thioether (sulfide) groups is 1. The van der Waals surface area contributed by atoms with E-state index in [0.29, 0.717) is 17.2 Å². The maximum Gasteiger partial charge on any atom is 0.496 e. The molecule has 1 aliphatic heterocycles. The Morgan fingerprint density at radius 2 is 1.92 bits per heavy atom. The number of pyridine rings is 1. The standard InChI is InChI=1S/C24H30BF3N4O3S/c1-7-36-17-10-15(25-34-22(2,3)23(4,5)35-25)12-29-19(17)21-31-16(20(32(21)6)14-8-9-14)11-18(30-13-33)24(26,27)28/h10-14H,7-9H2,1-6H3,(H,30,33)/b18-11-. The monoisotopic (exact) mass is 522 g/mol. The number of allylic oxidation sites excluding steroid dienone is 1. The molecule has 12 heteroatoms. The van der Waals surface area contributed by atoms with Crippen LogP contribution in [0.1, 0.15) is 64.8 Å². The minimum absolute atomic E-state index is 0.0198. The smallest absolute Gasteiger partial charge is 0.399 e. The summed E-state index contributed by atoms with van der Waals surface area (Å²) in [6.07, 6.45) is -0.387. The highest BCUT2D eigenvalue weighted by molar-refractivity contribution is 7.99. The van der Waals surface area contributed by atoms with Gasteiger partial charge in [0.15, 0.2) is 5.82 Å². The second-order valence-corrected chi connectivity index (χ2v) is 11.3. The molecule has 0 unspecified atom stereocenters. The topological polar surface area (TPSA) is 78.3 Å². The molecule has 36 heavy (non-hydrogen) atoms. The molecular formula is C24H30BF3N4O3S. The molecule has 2 fully saturated rings. The average Bonchev–Trinajstić information content (AvgIpc) is 3.51. The first-order valence-electron chi connectivity index (χ1n) is 11.8. The molecule has 1 saturated heterocycles. The second kappa shape index (κ2) is 9.53. The van der Waals surface area contributed by atoms with E-state index in [1.54, 1.807) is 30.3 Å². The first-order chi connectivity index (χ1) is 16.8. The van der Waals surface area contributed by atoms with Crippen molar-refractivity contribution in [2.75, 3.05) is 5.75 Å². The minimum Gasteiger partial charge on any atom is -0.399 e. The number of carbonyl (C=O) groups is 1. The van der Waals surface area contributed by atoms with Crippen molar-refractivity contribution in [1.29, 1.82) is 0 Å². The van der Waals surface area contributed by atoms with Crippen LogP contribution in [0.5, 0.6) is 0 Å². The maximum atomic E-state index is 13.5. The van der Waals surface area contributed by atoms with Gasteiger partial charge in [0.25, 0.3) is 0 Å². The lowest BCUT2D eigenvalue weighted by Crippen LogP contribution is -2.41. The van der Waals surface area contributed by atoms with Gasteiger partial charge in [0.05, 0.1) is 16.9 Å². The fourth-order valence-corrected chi connectivity index (χ4v) is 4.91. The Bertz CT molecular complexity index is 1180. The molecule has 0 aromatic carbocycles. The summed E-state index contributed by atoms with van der Waals surface area (Å²) in [5.41, 5.74) is 0.0594. The lowest BCUT2D eigenvalue weighted by atomic mass is 9.80. The van der Waals surface area contributed by atoms with Crippen LogP contribution >= 0.6 is 11.8 Å². The number of amides is 1. The number of halogens is 3. The van der Waals surface area contributed by atoms with E-state index in [0.717, 1.165) is 35.0 Å². The highest BCUT2D eigenvalue weighted by atomic mass is 32.2. The molecule has 1 aliphatic carbocycles. The number of alkyl halides is 3. The largest absolute Gasteiger partial charge is 0.496 e. The van der Waals surface area contributed by atoms with Crippen LogP contribution in [0.25, 0.3) is 17.6 Å². The average molecular weight is 522 g/mol. The van der Waals surface area contributed by atoms with E-state index in [2.05, 4.69) is 9.97 Å². The highest BCUT2D eigenvalue weighted by Crippen LogP contribution is 2.44. The van der Waals surface area contributed by atoms with Gasteiger partial charge >= 0.3 is 13.3 Å². The lowest BCUT2D eigenvalue weighted by molar-refractivity contribution is -0.116. The second-order valence-electron chi connectivity index (χ2n) is 9.99.